The quantitative estimate of drug-likeness (QED) is 0.687. The van der Waals surface area contributed by atoms with Gasteiger partial charge in [0.2, 0.25) is 0 Å². The summed E-state index contributed by atoms with van der Waals surface area (Å²) in [5, 5.41) is 12.9. The van der Waals surface area contributed by atoms with Crippen molar-refractivity contribution < 1.29 is 5.11 Å². The van der Waals surface area contributed by atoms with Gasteiger partial charge in [-0.25, -0.2) is 0 Å². The van der Waals surface area contributed by atoms with Gasteiger partial charge in [0.15, 0.2) is 0 Å². The maximum absolute atomic E-state index is 9.70. The van der Waals surface area contributed by atoms with Crippen molar-refractivity contribution in [3.63, 3.8) is 0 Å². The Balaban J connectivity index is 2.27. The fraction of sp³-hybridized carbons (Fsp3) is 1.00. The second-order valence-corrected chi connectivity index (χ2v) is 5.42. The van der Waals surface area contributed by atoms with E-state index in [-0.39, 0.29) is 6.10 Å². The van der Waals surface area contributed by atoms with Crippen LogP contribution >= 0.6 is 0 Å². The molecule has 0 aromatic carbocycles. The van der Waals surface area contributed by atoms with Gasteiger partial charge < -0.3 is 10.4 Å². The molecule has 1 aliphatic heterocycles. The zero-order valence-electron chi connectivity index (χ0n) is 9.14. The van der Waals surface area contributed by atoms with Crippen molar-refractivity contribution in [2.24, 2.45) is 11.3 Å². The molecule has 2 atom stereocenters. The number of rotatable bonds is 2. The average molecular weight is 185 g/mol. The molecule has 1 aliphatic rings. The molecule has 0 radical (unpaired) electrons. The van der Waals surface area contributed by atoms with Gasteiger partial charge in [0, 0.05) is 6.54 Å². The van der Waals surface area contributed by atoms with Crippen molar-refractivity contribution in [3.8, 4) is 0 Å². The number of nitrogens with one attached hydrogen (secondary N) is 1. The maximum Gasteiger partial charge on any atom is 0.0693 e. The normalized spacial score (nSPS) is 30.5. The summed E-state index contributed by atoms with van der Waals surface area (Å²) in [6.45, 7) is 8.65. The van der Waals surface area contributed by atoms with Crippen molar-refractivity contribution in [1.29, 1.82) is 0 Å². The zero-order chi connectivity index (χ0) is 9.90. The van der Waals surface area contributed by atoms with Gasteiger partial charge in [-0.1, -0.05) is 20.8 Å². The minimum atomic E-state index is -0.115. The monoisotopic (exact) mass is 185 g/mol. The van der Waals surface area contributed by atoms with Crippen LogP contribution < -0.4 is 5.32 Å². The zero-order valence-corrected chi connectivity index (χ0v) is 9.14. The van der Waals surface area contributed by atoms with Crippen LogP contribution in [0.25, 0.3) is 0 Å². The molecule has 1 heterocycles. The Morgan fingerprint density at radius 1 is 1.38 bits per heavy atom. The first-order valence-corrected chi connectivity index (χ1v) is 5.38. The molecule has 2 heteroatoms. The van der Waals surface area contributed by atoms with Gasteiger partial charge in [-0.15, -0.1) is 0 Å². The number of aliphatic hydroxyl groups excluding tert-OH is 1. The standard InChI is InChI=1S/C11H23NO/c1-11(2,3)6-4-9-5-7-12-8-10(9)13/h9-10,12-13H,4-8H2,1-3H3/t9?,10-/m1/s1. The first kappa shape index (κ1) is 11.0. The van der Waals surface area contributed by atoms with E-state index in [9.17, 15) is 5.11 Å². The molecule has 0 aliphatic carbocycles. The summed E-state index contributed by atoms with van der Waals surface area (Å²) in [6.07, 6.45) is 3.41. The first-order chi connectivity index (χ1) is 5.99. The number of piperidine rings is 1. The molecule has 0 saturated carbocycles. The Hall–Kier alpha value is -0.0800. The van der Waals surface area contributed by atoms with Crippen molar-refractivity contribution in [1.82, 2.24) is 5.32 Å². The minimum absolute atomic E-state index is 0.115. The molecule has 1 rings (SSSR count). The lowest BCUT2D eigenvalue weighted by Crippen LogP contribution is -2.40. The van der Waals surface area contributed by atoms with Crippen molar-refractivity contribution in [2.75, 3.05) is 13.1 Å². The molecule has 0 aromatic rings. The van der Waals surface area contributed by atoms with E-state index in [0.29, 0.717) is 11.3 Å². The number of aliphatic hydroxyl groups is 1. The third-order valence-electron chi connectivity index (χ3n) is 2.85. The van der Waals surface area contributed by atoms with E-state index in [2.05, 4.69) is 26.1 Å². The number of hydrogen-bond donors (Lipinski definition) is 2. The highest BCUT2D eigenvalue weighted by Gasteiger charge is 2.24. The van der Waals surface area contributed by atoms with Crippen LogP contribution in [0.5, 0.6) is 0 Å². The fourth-order valence-corrected chi connectivity index (χ4v) is 1.85. The highest BCUT2D eigenvalue weighted by molar-refractivity contribution is 4.78. The molecule has 1 unspecified atom stereocenters. The smallest absolute Gasteiger partial charge is 0.0693 e. The Morgan fingerprint density at radius 3 is 2.62 bits per heavy atom. The third-order valence-corrected chi connectivity index (χ3v) is 2.85. The predicted molar refractivity (Wildman–Crippen MR) is 55.7 cm³/mol. The molecule has 2 nitrogen and oxygen atoms in total. The molecule has 0 amide bonds. The summed E-state index contributed by atoms with van der Waals surface area (Å²) in [6, 6.07) is 0. The largest absolute Gasteiger partial charge is 0.392 e. The predicted octanol–water partition coefficient (Wildman–Crippen LogP) is 1.78. The lowest BCUT2D eigenvalue weighted by atomic mass is 9.82. The summed E-state index contributed by atoms with van der Waals surface area (Å²) < 4.78 is 0. The second kappa shape index (κ2) is 4.43. The van der Waals surface area contributed by atoms with E-state index in [0.717, 1.165) is 19.5 Å². The highest BCUT2D eigenvalue weighted by Crippen LogP contribution is 2.27. The van der Waals surface area contributed by atoms with Crippen LogP contribution in [0.2, 0.25) is 0 Å². The molecule has 0 aromatic heterocycles. The van der Waals surface area contributed by atoms with Gasteiger partial charge in [0.05, 0.1) is 6.10 Å². The number of hydrogen-bond acceptors (Lipinski definition) is 2. The van der Waals surface area contributed by atoms with E-state index < -0.39 is 0 Å². The van der Waals surface area contributed by atoms with Crippen LogP contribution in [-0.4, -0.2) is 24.3 Å². The van der Waals surface area contributed by atoms with E-state index in [1.807, 2.05) is 0 Å². The lowest BCUT2D eigenvalue weighted by molar-refractivity contribution is 0.0705. The molecule has 78 valence electrons. The summed E-state index contributed by atoms with van der Waals surface area (Å²) >= 11 is 0. The van der Waals surface area contributed by atoms with Crippen LogP contribution in [0.3, 0.4) is 0 Å². The van der Waals surface area contributed by atoms with Crippen LogP contribution in [-0.2, 0) is 0 Å². The maximum atomic E-state index is 9.70. The third kappa shape index (κ3) is 4.10. The van der Waals surface area contributed by atoms with Gasteiger partial charge in [0.1, 0.15) is 0 Å². The van der Waals surface area contributed by atoms with Crippen molar-refractivity contribution in [2.45, 2.75) is 46.1 Å². The molecule has 0 bridgehead atoms. The van der Waals surface area contributed by atoms with Crippen LogP contribution in [0, 0.1) is 11.3 Å². The first-order valence-electron chi connectivity index (χ1n) is 5.38. The van der Waals surface area contributed by atoms with Gasteiger partial charge >= 0.3 is 0 Å². The highest BCUT2D eigenvalue weighted by atomic mass is 16.3. The molecule has 1 saturated heterocycles. The molecular weight excluding hydrogens is 162 g/mol. The van der Waals surface area contributed by atoms with E-state index in [1.54, 1.807) is 0 Å². The molecular formula is C11H23NO. The van der Waals surface area contributed by atoms with Crippen molar-refractivity contribution >= 4 is 0 Å². The molecule has 13 heavy (non-hydrogen) atoms. The topological polar surface area (TPSA) is 32.3 Å². The second-order valence-electron chi connectivity index (χ2n) is 5.42. The van der Waals surface area contributed by atoms with Gasteiger partial charge in [-0.3, -0.25) is 0 Å². The Morgan fingerprint density at radius 2 is 2.08 bits per heavy atom. The Kier molecular flexibility index (Phi) is 3.74. The van der Waals surface area contributed by atoms with Crippen LogP contribution in [0.15, 0.2) is 0 Å². The SMILES string of the molecule is CC(C)(C)CCC1CCNC[C@H]1O. The van der Waals surface area contributed by atoms with E-state index in [1.165, 1.54) is 12.8 Å². The van der Waals surface area contributed by atoms with Crippen LogP contribution in [0.4, 0.5) is 0 Å². The summed E-state index contributed by atoms with van der Waals surface area (Å²) in [5.41, 5.74) is 0.407. The fourth-order valence-electron chi connectivity index (χ4n) is 1.85. The van der Waals surface area contributed by atoms with Gasteiger partial charge in [-0.2, -0.15) is 0 Å². The average Bonchev–Trinajstić information content (AvgIpc) is 2.01. The summed E-state index contributed by atoms with van der Waals surface area (Å²) in [7, 11) is 0. The Labute approximate surface area is 81.7 Å². The Bertz CT molecular complexity index is 151. The van der Waals surface area contributed by atoms with Crippen LogP contribution in [0.1, 0.15) is 40.0 Å². The molecule has 1 fully saturated rings. The van der Waals surface area contributed by atoms with E-state index in [4.69, 9.17) is 0 Å². The van der Waals surface area contributed by atoms with E-state index >= 15 is 0 Å². The molecule has 0 spiro atoms. The van der Waals surface area contributed by atoms with Gasteiger partial charge in [-0.05, 0) is 37.1 Å². The van der Waals surface area contributed by atoms with Crippen molar-refractivity contribution in [3.05, 3.63) is 0 Å². The lowest BCUT2D eigenvalue weighted by Gasteiger charge is -2.30. The van der Waals surface area contributed by atoms with Gasteiger partial charge in [0.25, 0.3) is 0 Å². The minimum Gasteiger partial charge on any atom is -0.392 e. The summed E-state index contributed by atoms with van der Waals surface area (Å²) in [5.74, 6) is 0.528. The number of β-amino-alcohol motifs (C(OH)–C–C–N with tert-alkyl or cyclic N) is 1. The molecule has 2 N–H and O–H groups in total. The summed E-state index contributed by atoms with van der Waals surface area (Å²) in [4.78, 5) is 0.